The van der Waals surface area contributed by atoms with E-state index in [1.165, 1.54) is 9.87 Å². The van der Waals surface area contributed by atoms with Crippen LogP contribution in [0.15, 0.2) is 24.3 Å². The molecule has 2 aliphatic heterocycles. The van der Waals surface area contributed by atoms with Crippen molar-refractivity contribution in [3.8, 4) is 0 Å². The van der Waals surface area contributed by atoms with Crippen molar-refractivity contribution in [3.05, 3.63) is 35.4 Å². The largest absolute Gasteiger partial charge is 0.480 e. The number of hydrogen-bond acceptors (Lipinski definition) is 3. The van der Waals surface area contributed by atoms with Crippen LogP contribution in [0.4, 0.5) is 0 Å². The molecule has 1 atom stereocenters. The van der Waals surface area contributed by atoms with Gasteiger partial charge >= 0.3 is 5.97 Å². The van der Waals surface area contributed by atoms with Crippen molar-refractivity contribution in [1.29, 1.82) is 0 Å². The van der Waals surface area contributed by atoms with E-state index in [0.29, 0.717) is 32.4 Å². The molecule has 1 saturated heterocycles. The Labute approximate surface area is 124 Å². The first-order valence-corrected chi connectivity index (χ1v) is 8.46. The summed E-state index contributed by atoms with van der Waals surface area (Å²) in [6.45, 7) is 1.01. The monoisotopic (exact) mass is 310 g/mol. The topological polar surface area (TPSA) is 77.9 Å². The zero-order valence-electron chi connectivity index (χ0n) is 11.6. The standard InChI is InChI=1S/C14H18N2O4S/c17-14(18)13-6-3-8-16(13)21(19,20)15-9-7-11-4-1-2-5-12(11)10-15/h1-2,4-5,13H,3,6-10H2,(H,17,18)/t13-/m0/s1. The third kappa shape index (κ3) is 2.56. The van der Waals surface area contributed by atoms with Crippen LogP contribution in [-0.4, -0.2) is 47.2 Å². The molecular weight excluding hydrogens is 292 g/mol. The highest BCUT2D eigenvalue weighted by atomic mass is 32.2. The number of carboxylic acid groups (broad SMARTS) is 1. The fourth-order valence-corrected chi connectivity index (χ4v) is 4.88. The minimum Gasteiger partial charge on any atom is -0.480 e. The lowest BCUT2D eigenvalue weighted by Gasteiger charge is -2.32. The van der Waals surface area contributed by atoms with Gasteiger partial charge in [-0.15, -0.1) is 0 Å². The van der Waals surface area contributed by atoms with Crippen LogP contribution in [0.3, 0.4) is 0 Å². The molecule has 0 bridgehead atoms. The molecule has 0 amide bonds. The summed E-state index contributed by atoms with van der Waals surface area (Å²) >= 11 is 0. The molecule has 0 spiro atoms. The van der Waals surface area contributed by atoms with Crippen molar-refractivity contribution in [2.24, 2.45) is 0 Å². The molecule has 7 heteroatoms. The Balaban J connectivity index is 1.85. The van der Waals surface area contributed by atoms with E-state index < -0.39 is 22.2 Å². The Kier molecular flexibility index (Phi) is 3.73. The first-order chi connectivity index (χ1) is 10.00. The Morgan fingerprint density at radius 3 is 2.62 bits per heavy atom. The predicted octanol–water partition coefficient (Wildman–Crippen LogP) is 0.838. The third-order valence-electron chi connectivity index (χ3n) is 4.21. The molecule has 6 nitrogen and oxygen atoms in total. The first kappa shape index (κ1) is 14.5. The Morgan fingerprint density at radius 2 is 1.90 bits per heavy atom. The van der Waals surface area contributed by atoms with Gasteiger partial charge in [0.1, 0.15) is 6.04 Å². The summed E-state index contributed by atoms with van der Waals surface area (Å²) in [5, 5.41) is 9.18. The van der Waals surface area contributed by atoms with E-state index in [1.54, 1.807) is 0 Å². The average Bonchev–Trinajstić information content (AvgIpc) is 2.97. The van der Waals surface area contributed by atoms with Crippen LogP contribution >= 0.6 is 0 Å². The molecule has 0 aromatic heterocycles. The summed E-state index contributed by atoms with van der Waals surface area (Å²) in [6, 6.07) is 6.85. The Morgan fingerprint density at radius 1 is 1.19 bits per heavy atom. The van der Waals surface area contributed by atoms with Crippen LogP contribution in [0.5, 0.6) is 0 Å². The van der Waals surface area contributed by atoms with Crippen molar-refractivity contribution in [2.75, 3.05) is 13.1 Å². The van der Waals surface area contributed by atoms with Crippen LogP contribution in [-0.2, 0) is 28.0 Å². The highest BCUT2D eigenvalue weighted by Gasteiger charge is 2.42. The van der Waals surface area contributed by atoms with Crippen molar-refractivity contribution >= 4 is 16.2 Å². The fraction of sp³-hybridized carbons (Fsp3) is 0.500. The van der Waals surface area contributed by atoms with Crippen molar-refractivity contribution in [2.45, 2.75) is 31.8 Å². The van der Waals surface area contributed by atoms with E-state index in [2.05, 4.69) is 0 Å². The maximum absolute atomic E-state index is 12.7. The maximum Gasteiger partial charge on any atom is 0.322 e. The third-order valence-corrected chi connectivity index (χ3v) is 6.20. The van der Waals surface area contributed by atoms with E-state index in [4.69, 9.17) is 0 Å². The number of aliphatic carboxylic acids is 1. The summed E-state index contributed by atoms with van der Waals surface area (Å²) in [7, 11) is -3.71. The first-order valence-electron chi connectivity index (χ1n) is 7.06. The van der Waals surface area contributed by atoms with E-state index in [9.17, 15) is 18.3 Å². The van der Waals surface area contributed by atoms with Gasteiger partial charge in [-0.3, -0.25) is 4.79 Å². The molecule has 1 aromatic carbocycles. The number of fused-ring (bicyclic) bond motifs is 1. The second-order valence-corrected chi connectivity index (χ2v) is 7.35. The summed E-state index contributed by atoms with van der Waals surface area (Å²) in [6.07, 6.45) is 1.65. The van der Waals surface area contributed by atoms with Crippen molar-refractivity contribution in [3.63, 3.8) is 0 Å². The average molecular weight is 310 g/mol. The second kappa shape index (κ2) is 5.40. The van der Waals surface area contributed by atoms with Crippen LogP contribution in [0.1, 0.15) is 24.0 Å². The quantitative estimate of drug-likeness (QED) is 0.897. The van der Waals surface area contributed by atoms with E-state index in [-0.39, 0.29) is 6.54 Å². The molecule has 0 radical (unpaired) electrons. The van der Waals surface area contributed by atoms with E-state index in [1.807, 2.05) is 24.3 Å². The number of rotatable bonds is 3. The summed E-state index contributed by atoms with van der Waals surface area (Å²) < 4.78 is 27.9. The lowest BCUT2D eigenvalue weighted by molar-refractivity contribution is -0.140. The van der Waals surface area contributed by atoms with E-state index >= 15 is 0 Å². The van der Waals surface area contributed by atoms with Gasteiger partial charge < -0.3 is 5.11 Å². The second-order valence-electron chi connectivity index (χ2n) is 5.47. The number of benzene rings is 1. The number of carbonyl (C=O) groups is 1. The molecule has 1 aromatic rings. The highest BCUT2D eigenvalue weighted by molar-refractivity contribution is 7.86. The van der Waals surface area contributed by atoms with Gasteiger partial charge in [-0.2, -0.15) is 17.0 Å². The number of nitrogens with zero attached hydrogens (tertiary/aromatic N) is 2. The van der Waals surface area contributed by atoms with Gasteiger partial charge in [-0.05, 0) is 30.4 Å². The lowest BCUT2D eigenvalue weighted by Crippen LogP contribution is -2.49. The van der Waals surface area contributed by atoms with Gasteiger partial charge in [0.15, 0.2) is 0 Å². The smallest absolute Gasteiger partial charge is 0.322 e. The highest BCUT2D eigenvalue weighted by Crippen LogP contribution is 2.27. The van der Waals surface area contributed by atoms with E-state index in [0.717, 1.165) is 9.87 Å². The minimum absolute atomic E-state index is 0.289. The van der Waals surface area contributed by atoms with Gasteiger partial charge in [-0.25, -0.2) is 0 Å². The normalized spacial score (nSPS) is 23.9. The summed E-state index contributed by atoms with van der Waals surface area (Å²) in [4.78, 5) is 11.2. The molecule has 0 aliphatic carbocycles. The fourth-order valence-electron chi connectivity index (χ4n) is 3.08. The molecule has 1 N–H and O–H groups in total. The van der Waals surface area contributed by atoms with Gasteiger partial charge in [-0.1, -0.05) is 24.3 Å². The molecule has 0 unspecified atom stereocenters. The van der Waals surface area contributed by atoms with Crippen LogP contribution in [0.25, 0.3) is 0 Å². The van der Waals surface area contributed by atoms with Crippen molar-refractivity contribution in [1.82, 2.24) is 8.61 Å². The van der Waals surface area contributed by atoms with Crippen LogP contribution < -0.4 is 0 Å². The number of carboxylic acids is 1. The summed E-state index contributed by atoms with van der Waals surface area (Å²) in [5.74, 6) is -1.06. The van der Waals surface area contributed by atoms with Crippen LogP contribution in [0, 0.1) is 0 Å². The zero-order valence-corrected chi connectivity index (χ0v) is 12.4. The molecule has 1 fully saturated rings. The van der Waals surface area contributed by atoms with Crippen LogP contribution in [0.2, 0.25) is 0 Å². The zero-order chi connectivity index (χ0) is 15.0. The lowest BCUT2D eigenvalue weighted by atomic mass is 10.0. The molecule has 21 heavy (non-hydrogen) atoms. The predicted molar refractivity (Wildman–Crippen MR) is 76.8 cm³/mol. The minimum atomic E-state index is -3.71. The molecule has 3 rings (SSSR count). The number of hydrogen-bond donors (Lipinski definition) is 1. The van der Waals surface area contributed by atoms with Gasteiger partial charge in [0, 0.05) is 19.6 Å². The Bertz CT molecular complexity index is 659. The molecule has 2 heterocycles. The van der Waals surface area contributed by atoms with Gasteiger partial charge in [0.05, 0.1) is 0 Å². The van der Waals surface area contributed by atoms with Gasteiger partial charge in [0.25, 0.3) is 10.2 Å². The maximum atomic E-state index is 12.7. The molecule has 2 aliphatic rings. The van der Waals surface area contributed by atoms with Gasteiger partial charge in [0.2, 0.25) is 0 Å². The molecule has 0 saturated carbocycles. The SMILES string of the molecule is O=C(O)[C@@H]1CCCN1S(=O)(=O)N1CCc2ccccc2C1. The summed E-state index contributed by atoms with van der Waals surface area (Å²) in [5.41, 5.74) is 2.17. The molecule has 114 valence electrons. The Hall–Kier alpha value is -1.44. The van der Waals surface area contributed by atoms with Crippen molar-refractivity contribution < 1.29 is 18.3 Å². The molecular formula is C14H18N2O4S.